The summed E-state index contributed by atoms with van der Waals surface area (Å²) in [6.45, 7) is 6.72. The molecule has 0 saturated heterocycles. The molecule has 7 heteroatoms. The molecule has 2 aromatic rings. The average Bonchev–Trinajstić information content (AvgIpc) is 2.79. The highest BCUT2D eigenvalue weighted by Crippen LogP contribution is 2.26. The summed E-state index contributed by atoms with van der Waals surface area (Å²) in [4.78, 5) is 41.1. The van der Waals surface area contributed by atoms with E-state index in [0.717, 1.165) is 16.7 Å². The largest absolute Gasteiger partial charge is 0.345 e. The molecule has 0 aliphatic carbocycles. The SMILES string of the molecule is CCN(Cc1ccc(C(=O)N(C)C)cc1)C(=O)C1=NN(c2cc(C)ccc2C)C(=O)CC1. The van der Waals surface area contributed by atoms with Crippen molar-refractivity contribution in [1.29, 1.82) is 0 Å². The first-order valence-electron chi connectivity index (χ1n) is 10.8. The van der Waals surface area contributed by atoms with Crippen LogP contribution in [0.25, 0.3) is 0 Å². The van der Waals surface area contributed by atoms with Gasteiger partial charge in [-0.05, 0) is 55.7 Å². The first-order valence-corrected chi connectivity index (χ1v) is 10.8. The predicted molar refractivity (Wildman–Crippen MR) is 126 cm³/mol. The van der Waals surface area contributed by atoms with E-state index in [9.17, 15) is 14.4 Å². The van der Waals surface area contributed by atoms with Crippen molar-refractivity contribution >= 4 is 29.1 Å². The van der Waals surface area contributed by atoms with Gasteiger partial charge < -0.3 is 9.80 Å². The molecular formula is C25H30N4O3. The summed E-state index contributed by atoms with van der Waals surface area (Å²) in [6.07, 6.45) is 0.572. The second-order valence-corrected chi connectivity index (χ2v) is 8.26. The van der Waals surface area contributed by atoms with Gasteiger partial charge in [-0.25, -0.2) is 5.01 Å². The molecule has 0 fully saturated rings. The summed E-state index contributed by atoms with van der Waals surface area (Å²) in [5.41, 5.74) is 4.58. The number of carbonyl (C=O) groups excluding carboxylic acids is 3. The minimum Gasteiger partial charge on any atom is -0.345 e. The van der Waals surface area contributed by atoms with E-state index in [2.05, 4.69) is 5.10 Å². The van der Waals surface area contributed by atoms with Crippen molar-refractivity contribution in [1.82, 2.24) is 9.80 Å². The molecule has 7 nitrogen and oxygen atoms in total. The molecule has 3 amide bonds. The van der Waals surface area contributed by atoms with E-state index in [1.807, 2.05) is 51.1 Å². The Bertz CT molecular complexity index is 1060. The summed E-state index contributed by atoms with van der Waals surface area (Å²) >= 11 is 0. The number of aryl methyl sites for hydroxylation is 2. The first-order chi connectivity index (χ1) is 15.2. The maximum atomic E-state index is 13.2. The van der Waals surface area contributed by atoms with Gasteiger partial charge in [0.2, 0.25) is 5.91 Å². The number of rotatable bonds is 6. The summed E-state index contributed by atoms with van der Waals surface area (Å²) < 4.78 is 0. The third-order valence-electron chi connectivity index (χ3n) is 5.52. The molecular weight excluding hydrogens is 404 g/mol. The Morgan fingerprint density at radius 3 is 2.31 bits per heavy atom. The van der Waals surface area contributed by atoms with Gasteiger partial charge in [0.15, 0.2) is 0 Å². The summed E-state index contributed by atoms with van der Waals surface area (Å²) in [7, 11) is 3.43. The van der Waals surface area contributed by atoms with E-state index in [0.29, 0.717) is 36.5 Å². The minimum atomic E-state index is -0.177. The Hall–Kier alpha value is -3.48. The zero-order valence-electron chi connectivity index (χ0n) is 19.4. The predicted octanol–water partition coefficient (Wildman–Crippen LogP) is 3.54. The molecule has 0 spiro atoms. The van der Waals surface area contributed by atoms with Crippen LogP contribution in [-0.4, -0.2) is 53.9 Å². The number of hydrogen-bond donors (Lipinski definition) is 0. The fourth-order valence-corrected chi connectivity index (χ4v) is 3.58. The monoisotopic (exact) mass is 434 g/mol. The quantitative estimate of drug-likeness (QED) is 0.698. The highest BCUT2D eigenvalue weighted by atomic mass is 16.2. The zero-order valence-corrected chi connectivity index (χ0v) is 19.4. The van der Waals surface area contributed by atoms with Crippen LogP contribution in [0.2, 0.25) is 0 Å². The van der Waals surface area contributed by atoms with Crippen molar-refractivity contribution in [3.05, 3.63) is 64.7 Å². The molecule has 0 saturated carbocycles. The lowest BCUT2D eigenvalue weighted by atomic mass is 10.1. The van der Waals surface area contributed by atoms with Gasteiger partial charge in [-0.2, -0.15) is 5.10 Å². The average molecular weight is 435 g/mol. The maximum Gasteiger partial charge on any atom is 0.270 e. The van der Waals surface area contributed by atoms with Gasteiger partial charge in [-0.3, -0.25) is 14.4 Å². The summed E-state index contributed by atoms with van der Waals surface area (Å²) in [5.74, 6) is -0.351. The molecule has 0 radical (unpaired) electrons. The normalized spacial score (nSPS) is 13.6. The molecule has 0 atom stereocenters. The number of benzene rings is 2. The van der Waals surface area contributed by atoms with Crippen LogP contribution < -0.4 is 5.01 Å². The molecule has 0 aromatic heterocycles. The number of carbonyl (C=O) groups is 3. The topological polar surface area (TPSA) is 73.3 Å². The lowest BCUT2D eigenvalue weighted by Crippen LogP contribution is -2.41. The smallest absolute Gasteiger partial charge is 0.270 e. The van der Waals surface area contributed by atoms with Crippen LogP contribution in [0.3, 0.4) is 0 Å². The van der Waals surface area contributed by atoms with Crippen molar-refractivity contribution in [2.24, 2.45) is 5.10 Å². The van der Waals surface area contributed by atoms with Crippen LogP contribution in [0.15, 0.2) is 47.6 Å². The molecule has 0 N–H and O–H groups in total. The fraction of sp³-hybridized carbons (Fsp3) is 0.360. The molecule has 168 valence electrons. The van der Waals surface area contributed by atoms with Crippen LogP contribution in [0.4, 0.5) is 5.69 Å². The second kappa shape index (κ2) is 9.77. The third kappa shape index (κ3) is 5.04. The number of amides is 3. The maximum absolute atomic E-state index is 13.2. The Morgan fingerprint density at radius 2 is 1.69 bits per heavy atom. The standard InChI is InChI=1S/C25H30N4O3/c1-6-28(16-19-9-11-20(12-10-19)24(31)27(4)5)25(32)21-13-14-23(30)29(26-21)22-15-17(2)7-8-18(22)3/h7-12,15H,6,13-14,16H2,1-5H3. The van der Waals surface area contributed by atoms with Gasteiger partial charge in [-0.15, -0.1) is 0 Å². The first kappa shape index (κ1) is 23.2. The van der Waals surface area contributed by atoms with Crippen molar-refractivity contribution in [2.45, 2.75) is 40.2 Å². The third-order valence-corrected chi connectivity index (χ3v) is 5.52. The summed E-state index contributed by atoms with van der Waals surface area (Å²) in [5, 5.41) is 5.83. The Balaban J connectivity index is 1.80. The van der Waals surface area contributed by atoms with Crippen molar-refractivity contribution < 1.29 is 14.4 Å². The molecule has 3 rings (SSSR count). The number of anilines is 1. The lowest BCUT2D eigenvalue weighted by molar-refractivity contribution is -0.124. The Morgan fingerprint density at radius 1 is 1.00 bits per heavy atom. The van der Waals surface area contributed by atoms with E-state index in [1.54, 1.807) is 31.1 Å². The fourth-order valence-electron chi connectivity index (χ4n) is 3.58. The highest BCUT2D eigenvalue weighted by Gasteiger charge is 2.28. The van der Waals surface area contributed by atoms with Crippen LogP contribution in [-0.2, 0) is 16.1 Å². The van der Waals surface area contributed by atoms with Gasteiger partial charge in [0.1, 0.15) is 5.71 Å². The van der Waals surface area contributed by atoms with E-state index >= 15 is 0 Å². The van der Waals surface area contributed by atoms with Crippen molar-refractivity contribution in [2.75, 3.05) is 25.6 Å². The van der Waals surface area contributed by atoms with Gasteiger partial charge >= 0.3 is 0 Å². The van der Waals surface area contributed by atoms with E-state index in [-0.39, 0.29) is 24.1 Å². The van der Waals surface area contributed by atoms with Gasteiger partial charge in [0.05, 0.1) is 5.69 Å². The van der Waals surface area contributed by atoms with Crippen LogP contribution in [0, 0.1) is 13.8 Å². The lowest BCUT2D eigenvalue weighted by Gasteiger charge is -2.28. The molecule has 1 aliphatic rings. The van der Waals surface area contributed by atoms with Gasteiger partial charge in [-0.1, -0.05) is 24.3 Å². The molecule has 1 heterocycles. The molecule has 1 aliphatic heterocycles. The molecule has 0 unspecified atom stereocenters. The van der Waals surface area contributed by atoms with Crippen molar-refractivity contribution in [3.63, 3.8) is 0 Å². The second-order valence-electron chi connectivity index (χ2n) is 8.26. The van der Waals surface area contributed by atoms with Crippen LogP contribution >= 0.6 is 0 Å². The molecule has 2 aromatic carbocycles. The van der Waals surface area contributed by atoms with Crippen LogP contribution in [0.1, 0.15) is 46.8 Å². The van der Waals surface area contributed by atoms with Gasteiger partial charge in [0.25, 0.3) is 11.8 Å². The summed E-state index contributed by atoms with van der Waals surface area (Å²) in [6, 6.07) is 13.1. The minimum absolute atomic E-state index is 0.0623. The highest BCUT2D eigenvalue weighted by molar-refractivity contribution is 6.40. The molecule has 0 bridgehead atoms. The van der Waals surface area contributed by atoms with E-state index in [4.69, 9.17) is 0 Å². The number of nitrogens with zero attached hydrogens (tertiary/aromatic N) is 4. The van der Waals surface area contributed by atoms with Gasteiger partial charge in [0, 0.05) is 45.6 Å². The van der Waals surface area contributed by atoms with Crippen molar-refractivity contribution in [3.8, 4) is 0 Å². The number of hydrazone groups is 1. The number of hydrogen-bond acceptors (Lipinski definition) is 4. The zero-order chi connectivity index (χ0) is 23.4. The van der Waals surface area contributed by atoms with E-state index < -0.39 is 0 Å². The Kier molecular flexibility index (Phi) is 7.08. The van der Waals surface area contributed by atoms with E-state index in [1.165, 1.54) is 9.91 Å². The Labute approximate surface area is 189 Å². The van der Waals surface area contributed by atoms with Crippen LogP contribution in [0.5, 0.6) is 0 Å². The molecule has 32 heavy (non-hydrogen) atoms.